The molecule has 3 nitrogen and oxygen atoms in total. The number of nitrogens with one attached hydrogen (secondary N) is 1. The van der Waals surface area contributed by atoms with Crippen molar-refractivity contribution in [2.24, 2.45) is 11.7 Å². The van der Waals surface area contributed by atoms with E-state index in [-0.39, 0.29) is 5.91 Å². The number of anilines is 1. The lowest BCUT2D eigenvalue weighted by molar-refractivity contribution is -0.117. The molecular formula is C12H15Br3N2O. The van der Waals surface area contributed by atoms with Crippen molar-refractivity contribution in [1.82, 2.24) is 0 Å². The van der Waals surface area contributed by atoms with Crippen LogP contribution in [0.25, 0.3) is 0 Å². The Kier molecular flexibility index (Phi) is 6.30. The molecule has 1 aromatic carbocycles. The van der Waals surface area contributed by atoms with Crippen LogP contribution in [0, 0.1) is 5.92 Å². The highest BCUT2D eigenvalue weighted by atomic mass is 79.9. The first-order valence-corrected chi connectivity index (χ1v) is 7.90. The highest BCUT2D eigenvalue weighted by molar-refractivity contribution is 9.11. The van der Waals surface area contributed by atoms with E-state index >= 15 is 0 Å². The Morgan fingerprint density at radius 1 is 1.28 bits per heavy atom. The molecule has 0 aromatic heterocycles. The highest BCUT2D eigenvalue weighted by Crippen LogP contribution is 2.34. The fraction of sp³-hybridized carbons (Fsp3) is 0.417. The molecular weight excluding hydrogens is 428 g/mol. The van der Waals surface area contributed by atoms with Gasteiger partial charge in [0.15, 0.2) is 0 Å². The summed E-state index contributed by atoms with van der Waals surface area (Å²) in [6, 6.07) is 3.25. The second kappa shape index (κ2) is 7.03. The molecule has 0 fully saturated rings. The maximum absolute atomic E-state index is 11.9. The molecule has 0 aliphatic carbocycles. The number of nitrogens with two attached hydrogens (primary N) is 1. The number of rotatable bonds is 4. The van der Waals surface area contributed by atoms with Crippen molar-refractivity contribution < 1.29 is 4.79 Å². The summed E-state index contributed by atoms with van der Waals surface area (Å²) in [7, 11) is 0. The lowest BCUT2D eigenvalue weighted by atomic mass is 10.0. The SMILES string of the molecule is CC(C)C[C@@H](N)C(=O)Nc1c(Br)cc(Br)cc1Br. The normalized spacial score (nSPS) is 12.6. The summed E-state index contributed by atoms with van der Waals surface area (Å²) >= 11 is 10.2. The van der Waals surface area contributed by atoms with E-state index in [0.717, 1.165) is 13.4 Å². The molecule has 0 aliphatic rings. The predicted molar refractivity (Wildman–Crippen MR) is 85.6 cm³/mol. The van der Waals surface area contributed by atoms with Gasteiger partial charge in [-0.25, -0.2) is 0 Å². The third kappa shape index (κ3) is 4.64. The van der Waals surface area contributed by atoms with E-state index in [2.05, 4.69) is 53.1 Å². The summed E-state index contributed by atoms with van der Waals surface area (Å²) in [5.41, 5.74) is 6.54. The molecule has 0 saturated heterocycles. The number of carbonyl (C=O) groups excluding carboxylic acids is 1. The molecule has 0 bridgehead atoms. The Hall–Kier alpha value is 0.0900. The highest BCUT2D eigenvalue weighted by Gasteiger charge is 2.17. The van der Waals surface area contributed by atoms with Crippen LogP contribution in [0.4, 0.5) is 5.69 Å². The maximum atomic E-state index is 11.9. The van der Waals surface area contributed by atoms with Crippen molar-refractivity contribution in [1.29, 1.82) is 0 Å². The topological polar surface area (TPSA) is 55.1 Å². The van der Waals surface area contributed by atoms with Gasteiger partial charge in [-0.1, -0.05) is 29.8 Å². The lowest BCUT2D eigenvalue weighted by Gasteiger charge is -2.16. The van der Waals surface area contributed by atoms with Crippen LogP contribution in [0.1, 0.15) is 20.3 Å². The fourth-order valence-electron chi connectivity index (χ4n) is 1.49. The Labute approximate surface area is 132 Å². The second-order valence-electron chi connectivity index (χ2n) is 4.47. The van der Waals surface area contributed by atoms with Gasteiger partial charge in [-0.3, -0.25) is 4.79 Å². The van der Waals surface area contributed by atoms with Crippen LogP contribution in [0.15, 0.2) is 25.6 Å². The molecule has 0 saturated carbocycles. The molecule has 1 atom stereocenters. The summed E-state index contributed by atoms with van der Waals surface area (Å²) in [6.07, 6.45) is 0.664. The van der Waals surface area contributed by atoms with Crippen molar-refractivity contribution in [3.8, 4) is 0 Å². The van der Waals surface area contributed by atoms with E-state index in [0.29, 0.717) is 18.0 Å². The van der Waals surface area contributed by atoms with Crippen LogP contribution in [0.2, 0.25) is 0 Å². The van der Waals surface area contributed by atoms with Gasteiger partial charge < -0.3 is 11.1 Å². The third-order valence-corrected chi connectivity index (χ3v) is 4.03. The van der Waals surface area contributed by atoms with E-state index < -0.39 is 6.04 Å². The van der Waals surface area contributed by atoms with Crippen molar-refractivity contribution in [3.63, 3.8) is 0 Å². The van der Waals surface area contributed by atoms with Gasteiger partial charge in [0.25, 0.3) is 0 Å². The molecule has 1 amide bonds. The number of benzene rings is 1. The van der Waals surface area contributed by atoms with Crippen LogP contribution < -0.4 is 11.1 Å². The Bertz CT molecular complexity index is 426. The second-order valence-corrected chi connectivity index (χ2v) is 7.09. The number of carbonyl (C=O) groups is 1. The molecule has 6 heteroatoms. The minimum absolute atomic E-state index is 0.174. The van der Waals surface area contributed by atoms with E-state index in [9.17, 15) is 4.79 Å². The molecule has 1 rings (SSSR count). The average Bonchev–Trinajstić information content (AvgIpc) is 2.21. The number of amides is 1. The predicted octanol–water partition coefficient (Wildman–Crippen LogP) is 4.29. The molecule has 0 spiro atoms. The van der Waals surface area contributed by atoms with Gasteiger partial charge in [0.05, 0.1) is 11.7 Å². The molecule has 100 valence electrons. The quantitative estimate of drug-likeness (QED) is 0.731. The zero-order valence-electron chi connectivity index (χ0n) is 10.1. The van der Waals surface area contributed by atoms with Crippen LogP contribution in [0.3, 0.4) is 0 Å². The number of hydrogen-bond donors (Lipinski definition) is 2. The first-order chi connectivity index (χ1) is 8.31. The molecule has 0 radical (unpaired) electrons. The van der Waals surface area contributed by atoms with E-state index in [1.165, 1.54) is 0 Å². The largest absolute Gasteiger partial charge is 0.323 e. The number of halogens is 3. The zero-order chi connectivity index (χ0) is 13.9. The van der Waals surface area contributed by atoms with Crippen LogP contribution in [0.5, 0.6) is 0 Å². The Morgan fingerprint density at radius 2 is 1.78 bits per heavy atom. The summed E-state index contributed by atoms with van der Waals surface area (Å²) in [5.74, 6) is 0.218. The van der Waals surface area contributed by atoms with Gasteiger partial charge in [-0.05, 0) is 56.3 Å². The zero-order valence-corrected chi connectivity index (χ0v) is 14.9. The van der Waals surface area contributed by atoms with Gasteiger partial charge in [-0.15, -0.1) is 0 Å². The van der Waals surface area contributed by atoms with Gasteiger partial charge in [-0.2, -0.15) is 0 Å². The van der Waals surface area contributed by atoms with Gasteiger partial charge >= 0.3 is 0 Å². The van der Waals surface area contributed by atoms with Crippen LogP contribution >= 0.6 is 47.8 Å². The average molecular weight is 443 g/mol. The molecule has 0 heterocycles. The van der Waals surface area contributed by atoms with Crippen molar-refractivity contribution in [2.75, 3.05) is 5.32 Å². The van der Waals surface area contributed by atoms with Crippen molar-refractivity contribution in [3.05, 3.63) is 25.6 Å². The monoisotopic (exact) mass is 440 g/mol. The van der Waals surface area contributed by atoms with Crippen molar-refractivity contribution in [2.45, 2.75) is 26.3 Å². The Morgan fingerprint density at radius 3 is 2.22 bits per heavy atom. The van der Waals surface area contributed by atoms with Gasteiger partial charge in [0, 0.05) is 13.4 Å². The number of hydrogen-bond acceptors (Lipinski definition) is 2. The maximum Gasteiger partial charge on any atom is 0.241 e. The minimum atomic E-state index is -0.493. The third-order valence-electron chi connectivity index (χ3n) is 2.32. The standard InChI is InChI=1S/C12H15Br3N2O/c1-6(2)3-10(16)12(18)17-11-8(14)4-7(13)5-9(11)15/h4-6,10H,3,16H2,1-2H3,(H,17,18)/t10-/m1/s1. The van der Waals surface area contributed by atoms with E-state index in [1.54, 1.807) is 0 Å². The van der Waals surface area contributed by atoms with E-state index in [4.69, 9.17) is 5.73 Å². The lowest BCUT2D eigenvalue weighted by Crippen LogP contribution is -2.36. The summed E-state index contributed by atoms with van der Waals surface area (Å²) < 4.78 is 2.52. The smallest absolute Gasteiger partial charge is 0.241 e. The summed E-state index contributed by atoms with van der Waals surface area (Å²) in [5, 5.41) is 2.83. The van der Waals surface area contributed by atoms with E-state index in [1.807, 2.05) is 26.0 Å². The minimum Gasteiger partial charge on any atom is -0.323 e. The molecule has 0 aliphatic heterocycles. The summed E-state index contributed by atoms with van der Waals surface area (Å²) in [4.78, 5) is 11.9. The molecule has 0 unspecified atom stereocenters. The van der Waals surface area contributed by atoms with Gasteiger partial charge in [0.1, 0.15) is 0 Å². The summed E-state index contributed by atoms with van der Waals surface area (Å²) in [6.45, 7) is 4.08. The molecule has 3 N–H and O–H groups in total. The first-order valence-electron chi connectivity index (χ1n) is 5.52. The fourth-order valence-corrected chi connectivity index (χ4v) is 3.95. The van der Waals surface area contributed by atoms with Crippen molar-refractivity contribution >= 4 is 59.4 Å². The van der Waals surface area contributed by atoms with Gasteiger partial charge in [0.2, 0.25) is 5.91 Å². The molecule has 1 aromatic rings. The first kappa shape index (κ1) is 16.1. The molecule has 18 heavy (non-hydrogen) atoms. The van der Waals surface area contributed by atoms with Crippen LogP contribution in [-0.2, 0) is 4.79 Å². The van der Waals surface area contributed by atoms with Crippen LogP contribution in [-0.4, -0.2) is 11.9 Å². The Balaban J connectivity index is 2.82.